The van der Waals surface area contributed by atoms with E-state index in [4.69, 9.17) is 9.84 Å². The minimum Gasteiger partial charge on any atom is -0.481 e. The largest absolute Gasteiger partial charge is 0.481 e. The zero-order chi connectivity index (χ0) is 14.0. The van der Waals surface area contributed by atoms with Crippen molar-refractivity contribution in [1.82, 2.24) is 10.6 Å². The molecule has 3 N–H and O–H groups in total. The van der Waals surface area contributed by atoms with Crippen molar-refractivity contribution in [2.24, 2.45) is 0 Å². The van der Waals surface area contributed by atoms with Crippen molar-refractivity contribution in [3.63, 3.8) is 0 Å². The van der Waals surface area contributed by atoms with Gasteiger partial charge in [0.25, 0.3) is 0 Å². The number of amides is 2. The number of nitrogens with one attached hydrogen (secondary N) is 2. The minimum absolute atomic E-state index is 0.0511. The van der Waals surface area contributed by atoms with Gasteiger partial charge < -0.3 is 20.5 Å². The van der Waals surface area contributed by atoms with E-state index in [2.05, 4.69) is 10.6 Å². The van der Waals surface area contributed by atoms with E-state index in [1.807, 2.05) is 20.8 Å². The number of carboxylic acid groups (broad SMARTS) is 1. The molecule has 0 aromatic carbocycles. The fraction of sp³-hybridized carbons (Fsp3) is 0.833. The average Bonchev–Trinajstić information content (AvgIpc) is 2.26. The molecule has 106 valence electrons. The molecule has 6 heteroatoms. The summed E-state index contributed by atoms with van der Waals surface area (Å²) >= 11 is 0. The number of aliphatic carboxylic acids is 1. The molecule has 0 aromatic rings. The fourth-order valence-electron chi connectivity index (χ4n) is 1.60. The Labute approximate surface area is 108 Å². The summed E-state index contributed by atoms with van der Waals surface area (Å²) in [6, 6.07) is -0.670. The first-order valence-electron chi connectivity index (χ1n) is 6.37. The summed E-state index contributed by atoms with van der Waals surface area (Å²) < 4.78 is 5.27. The third-order valence-corrected chi connectivity index (χ3v) is 2.39. The van der Waals surface area contributed by atoms with E-state index in [1.54, 1.807) is 0 Å². The molecule has 2 atom stereocenters. The molecule has 18 heavy (non-hydrogen) atoms. The lowest BCUT2D eigenvalue weighted by Gasteiger charge is -2.18. The summed E-state index contributed by atoms with van der Waals surface area (Å²) in [6.07, 6.45) is 1.38. The van der Waals surface area contributed by atoms with Gasteiger partial charge >= 0.3 is 12.0 Å². The number of ether oxygens (including phenoxy) is 1. The highest BCUT2D eigenvalue weighted by molar-refractivity contribution is 5.75. The van der Waals surface area contributed by atoms with E-state index in [9.17, 15) is 9.59 Å². The molecule has 2 unspecified atom stereocenters. The lowest BCUT2D eigenvalue weighted by atomic mass is 10.1. The molecule has 0 saturated heterocycles. The van der Waals surface area contributed by atoms with Gasteiger partial charge in [0, 0.05) is 19.2 Å². The monoisotopic (exact) mass is 260 g/mol. The van der Waals surface area contributed by atoms with Gasteiger partial charge in [-0.25, -0.2) is 4.79 Å². The van der Waals surface area contributed by atoms with Crippen LogP contribution in [-0.4, -0.2) is 42.4 Å². The van der Waals surface area contributed by atoms with Gasteiger partial charge in [-0.15, -0.1) is 0 Å². The standard InChI is InChI=1S/C12H24N2O4/c1-4-6-10(7-11(15)16)14-12(17)13-8-9(3)18-5-2/h9-10H,4-8H2,1-3H3,(H,15,16)(H2,13,14,17). The van der Waals surface area contributed by atoms with Crippen LogP contribution < -0.4 is 10.6 Å². The molecule has 0 aromatic heterocycles. The van der Waals surface area contributed by atoms with E-state index < -0.39 is 5.97 Å². The molecule has 0 radical (unpaired) electrons. The van der Waals surface area contributed by atoms with Crippen LogP contribution in [0, 0.1) is 0 Å². The topological polar surface area (TPSA) is 87.7 Å². The Morgan fingerprint density at radius 2 is 2.00 bits per heavy atom. The Hall–Kier alpha value is -1.30. The maximum atomic E-state index is 11.5. The molecule has 0 aliphatic rings. The van der Waals surface area contributed by atoms with Crippen LogP contribution in [0.15, 0.2) is 0 Å². The molecule has 0 rings (SSSR count). The van der Waals surface area contributed by atoms with Crippen molar-refractivity contribution < 1.29 is 19.4 Å². The second-order valence-electron chi connectivity index (χ2n) is 4.20. The SMILES string of the molecule is CCCC(CC(=O)O)NC(=O)NCC(C)OCC. The molecular formula is C12H24N2O4. The van der Waals surface area contributed by atoms with Gasteiger partial charge in [-0.1, -0.05) is 13.3 Å². The Bertz CT molecular complexity index is 258. The Morgan fingerprint density at radius 3 is 2.50 bits per heavy atom. The smallest absolute Gasteiger partial charge is 0.315 e. The fourth-order valence-corrected chi connectivity index (χ4v) is 1.60. The molecule has 0 fully saturated rings. The Morgan fingerprint density at radius 1 is 1.33 bits per heavy atom. The highest BCUT2D eigenvalue weighted by atomic mass is 16.5. The third-order valence-electron chi connectivity index (χ3n) is 2.39. The third kappa shape index (κ3) is 8.81. The molecule has 0 bridgehead atoms. The molecular weight excluding hydrogens is 236 g/mol. The number of carbonyl (C=O) groups is 2. The molecule has 2 amide bonds. The number of hydrogen-bond acceptors (Lipinski definition) is 3. The molecule has 0 spiro atoms. The van der Waals surface area contributed by atoms with E-state index in [1.165, 1.54) is 0 Å². The van der Waals surface area contributed by atoms with Crippen LogP contribution in [-0.2, 0) is 9.53 Å². The van der Waals surface area contributed by atoms with Crippen molar-refractivity contribution in [3.05, 3.63) is 0 Å². The summed E-state index contributed by atoms with van der Waals surface area (Å²) in [5.41, 5.74) is 0. The first-order chi connectivity index (χ1) is 8.49. The van der Waals surface area contributed by atoms with Gasteiger partial charge in [0.1, 0.15) is 0 Å². The quantitative estimate of drug-likeness (QED) is 0.584. The molecule has 0 aliphatic carbocycles. The maximum absolute atomic E-state index is 11.5. The highest BCUT2D eigenvalue weighted by Crippen LogP contribution is 2.01. The first-order valence-corrected chi connectivity index (χ1v) is 6.37. The average molecular weight is 260 g/mol. The maximum Gasteiger partial charge on any atom is 0.315 e. The van der Waals surface area contributed by atoms with E-state index in [0.29, 0.717) is 19.6 Å². The molecule has 0 aliphatic heterocycles. The van der Waals surface area contributed by atoms with Crippen LogP contribution in [0.4, 0.5) is 4.79 Å². The summed E-state index contributed by atoms with van der Waals surface area (Å²) in [4.78, 5) is 22.2. The van der Waals surface area contributed by atoms with Gasteiger partial charge in [0.2, 0.25) is 0 Å². The number of rotatable bonds is 9. The second-order valence-corrected chi connectivity index (χ2v) is 4.20. The summed E-state index contributed by atoms with van der Waals surface area (Å²) in [7, 11) is 0. The lowest BCUT2D eigenvalue weighted by Crippen LogP contribution is -2.45. The Kier molecular flexibility index (Phi) is 9.00. The minimum atomic E-state index is -0.906. The van der Waals surface area contributed by atoms with Crippen molar-refractivity contribution in [2.75, 3.05) is 13.2 Å². The summed E-state index contributed by atoms with van der Waals surface area (Å²) in [5, 5.41) is 14.0. The normalized spacial score (nSPS) is 13.7. The number of hydrogen-bond donors (Lipinski definition) is 3. The van der Waals surface area contributed by atoms with Gasteiger partial charge in [0.05, 0.1) is 12.5 Å². The lowest BCUT2D eigenvalue weighted by molar-refractivity contribution is -0.137. The van der Waals surface area contributed by atoms with Crippen molar-refractivity contribution in [1.29, 1.82) is 0 Å². The van der Waals surface area contributed by atoms with Crippen LogP contribution in [0.2, 0.25) is 0 Å². The van der Waals surface area contributed by atoms with E-state index in [0.717, 1.165) is 6.42 Å². The van der Waals surface area contributed by atoms with E-state index in [-0.39, 0.29) is 24.6 Å². The predicted octanol–water partition coefficient (Wildman–Crippen LogP) is 1.35. The van der Waals surface area contributed by atoms with Crippen LogP contribution in [0.1, 0.15) is 40.0 Å². The van der Waals surface area contributed by atoms with E-state index >= 15 is 0 Å². The van der Waals surface area contributed by atoms with Crippen LogP contribution in [0.5, 0.6) is 0 Å². The van der Waals surface area contributed by atoms with Crippen molar-refractivity contribution >= 4 is 12.0 Å². The van der Waals surface area contributed by atoms with Gasteiger partial charge in [-0.05, 0) is 20.3 Å². The zero-order valence-corrected chi connectivity index (χ0v) is 11.4. The predicted molar refractivity (Wildman–Crippen MR) is 68.6 cm³/mol. The highest BCUT2D eigenvalue weighted by Gasteiger charge is 2.15. The Balaban J connectivity index is 3.97. The van der Waals surface area contributed by atoms with Gasteiger partial charge in [0.15, 0.2) is 0 Å². The molecule has 6 nitrogen and oxygen atoms in total. The summed E-state index contributed by atoms with van der Waals surface area (Å²) in [5.74, 6) is -0.906. The van der Waals surface area contributed by atoms with Crippen LogP contribution >= 0.6 is 0 Å². The van der Waals surface area contributed by atoms with Crippen molar-refractivity contribution in [2.45, 2.75) is 52.2 Å². The van der Waals surface area contributed by atoms with Crippen LogP contribution in [0.25, 0.3) is 0 Å². The zero-order valence-electron chi connectivity index (χ0n) is 11.4. The van der Waals surface area contributed by atoms with Gasteiger partial charge in [-0.3, -0.25) is 4.79 Å². The number of carboxylic acids is 1. The first kappa shape index (κ1) is 16.7. The number of carbonyl (C=O) groups excluding carboxylic acids is 1. The van der Waals surface area contributed by atoms with Gasteiger partial charge in [-0.2, -0.15) is 0 Å². The van der Waals surface area contributed by atoms with Crippen LogP contribution in [0.3, 0.4) is 0 Å². The second kappa shape index (κ2) is 9.70. The van der Waals surface area contributed by atoms with Crippen molar-refractivity contribution in [3.8, 4) is 0 Å². The molecule has 0 saturated carbocycles. The summed E-state index contributed by atoms with van der Waals surface area (Å²) in [6.45, 7) is 6.71. The molecule has 0 heterocycles. The number of urea groups is 1.